The monoisotopic (exact) mass is 247 g/mol. The van der Waals surface area contributed by atoms with Crippen LogP contribution in [0.3, 0.4) is 0 Å². The van der Waals surface area contributed by atoms with Gasteiger partial charge in [-0.15, -0.1) is 11.8 Å². The van der Waals surface area contributed by atoms with Gasteiger partial charge < -0.3 is 0 Å². The summed E-state index contributed by atoms with van der Waals surface area (Å²) in [4.78, 5) is 14.4. The Kier molecular flexibility index (Phi) is 3.21. The van der Waals surface area contributed by atoms with Crippen LogP contribution in [0.1, 0.15) is 12.0 Å². The van der Waals surface area contributed by atoms with Crippen molar-refractivity contribution in [3.8, 4) is 0 Å². The summed E-state index contributed by atoms with van der Waals surface area (Å²) >= 11 is 1.87. The first-order valence-corrected chi connectivity index (χ1v) is 7.29. The second kappa shape index (κ2) is 4.83. The van der Waals surface area contributed by atoms with Gasteiger partial charge in [0.25, 0.3) is 0 Å². The van der Waals surface area contributed by atoms with Crippen LogP contribution in [0.2, 0.25) is 0 Å². The fourth-order valence-corrected chi connectivity index (χ4v) is 4.08. The molecule has 90 valence electrons. The number of ketones is 1. The molecule has 1 aromatic rings. The van der Waals surface area contributed by atoms with E-state index in [0.717, 1.165) is 31.8 Å². The number of carbonyl (C=O) groups excluding carboxylic acids is 1. The molecular formula is C14H17NOS. The Morgan fingerprint density at radius 1 is 1.29 bits per heavy atom. The number of hydrogen-bond donors (Lipinski definition) is 0. The zero-order valence-electron chi connectivity index (χ0n) is 9.84. The number of benzene rings is 1. The van der Waals surface area contributed by atoms with E-state index in [4.69, 9.17) is 0 Å². The van der Waals surface area contributed by atoms with Crippen molar-refractivity contribution in [2.45, 2.75) is 18.2 Å². The molecular weight excluding hydrogens is 230 g/mol. The predicted octanol–water partition coefficient (Wildman–Crippen LogP) is 2.19. The molecule has 2 nitrogen and oxygen atoms in total. The molecule has 3 rings (SSSR count). The third-order valence-electron chi connectivity index (χ3n) is 3.65. The molecule has 2 aliphatic rings. The largest absolute Gasteiger partial charge is 0.298 e. The van der Waals surface area contributed by atoms with Crippen molar-refractivity contribution < 1.29 is 4.79 Å². The topological polar surface area (TPSA) is 20.3 Å². The highest BCUT2D eigenvalue weighted by atomic mass is 32.2. The van der Waals surface area contributed by atoms with Gasteiger partial charge in [-0.05, 0) is 18.5 Å². The van der Waals surface area contributed by atoms with Crippen LogP contribution in [0.15, 0.2) is 30.3 Å². The number of carbonyl (C=O) groups is 1. The van der Waals surface area contributed by atoms with E-state index in [0.29, 0.717) is 11.0 Å². The molecule has 2 unspecified atom stereocenters. The molecule has 0 spiro atoms. The van der Waals surface area contributed by atoms with Crippen molar-refractivity contribution in [3.05, 3.63) is 35.9 Å². The summed E-state index contributed by atoms with van der Waals surface area (Å²) in [7, 11) is 0. The summed E-state index contributed by atoms with van der Waals surface area (Å²) in [6.07, 6.45) is 1.03. The molecule has 0 saturated carbocycles. The van der Waals surface area contributed by atoms with Gasteiger partial charge in [0.05, 0.1) is 5.25 Å². The lowest BCUT2D eigenvalue weighted by Crippen LogP contribution is -2.30. The Bertz CT molecular complexity index is 406. The first kappa shape index (κ1) is 11.3. The van der Waals surface area contributed by atoms with Gasteiger partial charge >= 0.3 is 0 Å². The number of thioether (sulfide) groups is 1. The molecule has 2 fully saturated rings. The average molecular weight is 247 g/mol. The Labute approximate surface area is 106 Å². The van der Waals surface area contributed by atoms with Gasteiger partial charge in [-0.1, -0.05) is 30.3 Å². The number of fused-ring (bicyclic) bond motifs is 2. The maximum absolute atomic E-state index is 12.0. The number of likely N-dealkylation sites (tertiary alicyclic amines) is 1. The minimum atomic E-state index is 0.288. The zero-order chi connectivity index (χ0) is 11.7. The highest BCUT2D eigenvalue weighted by Crippen LogP contribution is 2.33. The van der Waals surface area contributed by atoms with Crippen LogP contribution in [0.5, 0.6) is 0 Å². The van der Waals surface area contributed by atoms with E-state index in [-0.39, 0.29) is 5.92 Å². The lowest BCUT2D eigenvalue weighted by Gasteiger charge is -2.23. The van der Waals surface area contributed by atoms with E-state index >= 15 is 0 Å². The molecule has 17 heavy (non-hydrogen) atoms. The Morgan fingerprint density at radius 2 is 2.12 bits per heavy atom. The van der Waals surface area contributed by atoms with Crippen molar-refractivity contribution in [2.24, 2.45) is 5.92 Å². The minimum absolute atomic E-state index is 0.288. The van der Waals surface area contributed by atoms with Gasteiger partial charge in [-0.2, -0.15) is 0 Å². The molecule has 1 aromatic carbocycles. The fraction of sp³-hybridized carbons (Fsp3) is 0.500. The van der Waals surface area contributed by atoms with Gasteiger partial charge in [-0.3, -0.25) is 9.69 Å². The predicted molar refractivity (Wildman–Crippen MR) is 71.1 cm³/mol. The highest BCUT2D eigenvalue weighted by Gasteiger charge is 2.38. The second-order valence-corrected chi connectivity index (χ2v) is 6.17. The SMILES string of the molecule is O=C1C2CSC1CCN(Cc1ccccc1)C2. The third-order valence-corrected chi connectivity index (χ3v) is 5.12. The standard InChI is InChI=1S/C14H17NOS/c16-14-12-9-15(7-6-13(14)17-10-12)8-11-4-2-1-3-5-11/h1-5,12-13H,6-10H2. The summed E-state index contributed by atoms with van der Waals surface area (Å²) < 4.78 is 0. The molecule has 0 amide bonds. The van der Waals surface area contributed by atoms with Crippen molar-refractivity contribution in [3.63, 3.8) is 0 Å². The third kappa shape index (κ3) is 2.40. The van der Waals surface area contributed by atoms with Crippen molar-refractivity contribution in [2.75, 3.05) is 18.8 Å². The van der Waals surface area contributed by atoms with Crippen molar-refractivity contribution in [1.82, 2.24) is 4.90 Å². The lowest BCUT2D eigenvalue weighted by atomic mass is 10.0. The fourth-order valence-electron chi connectivity index (χ4n) is 2.72. The van der Waals surface area contributed by atoms with Crippen LogP contribution in [0.25, 0.3) is 0 Å². The smallest absolute Gasteiger partial charge is 0.151 e. The Hall–Kier alpha value is -0.800. The van der Waals surface area contributed by atoms with E-state index in [2.05, 4.69) is 29.2 Å². The first-order chi connectivity index (χ1) is 8.33. The summed E-state index contributed by atoms with van der Waals surface area (Å²) in [6.45, 7) is 3.01. The summed E-state index contributed by atoms with van der Waals surface area (Å²) in [6, 6.07) is 10.5. The van der Waals surface area contributed by atoms with E-state index in [9.17, 15) is 4.79 Å². The summed E-state index contributed by atoms with van der Waals surface area (Å²) in [5, 5.41) is 0.292. The number of hydrogen-bond acceptors (Lipinski definition) is 3. The van der Waals surface area contributed by atoms with E-state index < -0.39 is 0 Å². The quantitative estimate of drug-likeness (QED) is 0.799. The first-order valence-electron chi connectivity index (χ1n) is 6.24. The van der Waals surface area contributed by atoms with E-state index in [1.807, 2.05) is 17.8 Å². The number of rotatable bonds is 2. The molecule has 2 heterocycles. The maximum atomic E-state index is 12.0. The molecule has 2 saturated heterocycles. The van der Waals surface area contributed by atoms with Crippen LogP contribution in [0.4, 0.5) is 0 Å². The molecule has 0 aromatic heterocycles. The van der Waals surface area contributed by atoms with Gasteiger partial charge in [0, 0.05) is 24.8 Å². The van der Waals surface area contributed by atoms with Crippen LogP contribution in [0, 0.1) is 5.92 Å². The van der Waals surface area contributed by atoms with Crippen LogP contribution < -0.4 is 0 Å². The summed E-state index contributed by atoms with van der Waals surface area (Å²) in [5.41, 5.74) is 1.35. The molecule has 0 N–H and O–H groups in total. The second-order valence-electron chi connectivity index (χ2n) is 4.93. The van der Waals surface area contributed by atoms with Crippen LogP contribution in [-0.2, 0) is 11.3 Å². The highest BCUT2D eigenvalue weighted by molar-refractivity contribution is 8.01. The molecule has 2 atom stereocenters. The molecule has 2 aliphatic heterocycles. The minimum Gasteiger partial charge on any atom is -0.298 e. The summed E-state index contributed by atoms with van der Waals surface area (Å²) in [5.74, 6) is 1.83. The number of Topliss-reactive ketones (excluding diaryl/α,β-unsaturated/α-hetero) is 1. The number of nitrogens with zero attached hydrogens (tertiary/aromatic N) is 1. The van der Waals surface area contributed by atoms with Crippen molar-refractivity contribution >= 4 is 17.5 Å². The van der Waals surface area contributed by atoms with Gasteiger partial charge in [0.1, 0.15) is 0 Å². The average Bonchev–Trinajstić information content (AvgIpc) is 2.59. The molecule has 0 aliphatic carbocycles. The van der Waals surface area contributed by atoms with Gasteiger partial charge in [0.15, 0.2) is 5.78 Å². The van der Waals surface area contributed by atoms with Gasteiger partial charge in [-0.25, -0.2) is 0 Å². The van der Waals surface area contributed by atoms with E-state index in [1.54, 1.807) is 0 Å². The normalized spacial score (nSPS) is 29.3. The molecule has 2 bridgehead atoms. The molecule has 0 radical (unpaired) electrons. The lowest BCUT2D eigenvalue weighted by molar-refractivity contribution is -0.120. The van der Waals surface area contributed by atoms with Crippen LogP contribution in [-0.4, -0.2) is 34.8 Å². The van der Waals surface area contributed by atoms with Crippen LogP contribution >= 0.6 is 11.8 Å². The van der Waals surface area contributed by atoms with E-state index in [1.165, 1.54) is 5.56 Å². The van der Waals surface area contributed by atoms with Gasteiger partial charge in [0.2, 0.25) is 0 Å². The Balaban J connectivity index is 1.68. The Morgan fingerprint density at radius 3 is 2.94 bits per heavy atom. The maximum Gasteiger partial charge on any atom is 0.151 e. The van der Waals surface area contributed by atoms with Crippen molar-refractivity contribution in [1.29, 1.82) is 0 Å². The zero-order valence-corrected chi connectivity index (χ0v) is 10.7. The molecule has 3 heteroatoms.